The summed E-state index contributed by atoms with van der Waals surface area (Å²) in [6.07, 6.45) is -4.38. The third-order valence-electron chi connectivity index (χ3n) is 1.41. The van der Waals surface area contributed by atoms with Gasteiger partial charge in [0.2, 0.25) is 0 Å². The van der Waals surface area contributed by atoms with Crippen molar-refractivity contribution in [2.24, 2.45) is 0 Å². The van der Waals surface area contributed by atoms with Gasteiger partial charge in [-0.05, 0) is 34.7 Å². The molecule has 1 nitrogen and oxygen atoms in total. The first kappa shape index (κ1) is 10.9. The molecule has 0 amide bonds. The van der Waals surface area contributed by atoms with E-state index in [0.717, 1.165) is 12.1 Å². The molecule has 13 heavy (non-hydrogen) atoms. The molecular formula is C7H4ClF3IN. The lowest BCUT2D eigenvalue weighted by molar-refractivity contribution is -0.137. The molecule has 1 rings (SSSR count). The van der Waals surface area contributed by atoms with Gasteiger partial charge < -0.3 is 5.73 Å². The summed E-state index contributed by atoms with van der Waals surface area (Å²) in [5.41, 5.74) is 4.78. The summed E-state index contributed by atoms with van der Waals surface area (Å²) in [6, 6.07) is 1.78. The van der Waals surface area contributed by atoms with Crippen LogP contribution < -0.4 is 5.73 Å². The number of rotatable bonds is 0. The van der Waals surface area contributed by atoms with Gasteiger partial charge in [-0.25, -0.2) is 0 Å². The van der Waals surface area contributed by atoms with E-state index in [2.05, 4.69) is 0 Å². The molecular weight excluding hydrogens is 317 g/mol. The molecule has 1 aromatic carbocycles. The van der Waals surface area contributed by atoms with Crippen molar-refractivity contribution >= 4 is 39.9 Å². The molecule has 0 unspecified atom stereocenters. The number of alkyl halides is 3. The molecule has 0 aliphatic rings. The number of hydrogen-bond donors (Lipinski definition) is 1. The Morgan fingerprint density at radius 1 is 1.31 bits per heavy atom. The molecule has 0 aliphatic carbocycles. The summed E-state index contributed by atoms with van der Waals surface area (Å²) in [6.45, 7) is 0. The molecule has 0 radical (unpaired) electrons. The number of nitrogen functional groups attached to an aromatic ring is 1. The monoisotopic (exact) mass is 321 g/mol. The SMILES string of the molecule is Nc1c(Cl)cc(C(F)(F)F)cc1I. The summed E-state index contributed by atoms with van der Waals surface area (Å²) >= 11 is 7.20. The van der Waals surface area contributed by atoms with E-state index < -0.39 is 11.7 Å². The zero-order valence-electron chi connectivity index (χ0n) is 6.12. The Labute approximate surface area is 91.2 Å². The highest BCUT2D eigenvalue weighted by molar-refractivity contribution is 14.1. The van der Waals surface area contributed by atoms with Crippen molar-refractivity contribution in [3.63, 3.8) is 0 Å². The van der Waals surface area contributed by atoms with Gasteiger partial charge in [0, 0.05) is 3.57 Å². The van der Waals surface area contributed by atoms with Crippen molar-refractivity contribution in [1.82, 2.24) is 0 Å². The van der Waals surface area contributed by atoms with Crippen molar-refractivity contribution in [3.05, 3.63) is 26.3 Å². The van der Waals surface area contributed by atoms with Gasteiger partial charge in [0.15, 0.2) is 0 Å². The standard InChI is InChI=1S/C7H4ClF3IN/c8-4-1-3(7(9,10)11)2-5(12)6(4)13/h1-2H,13H2. The number of hydrogen-bond acceptors (Lipinski definition) is 1. The van der Waals surface area contributed by atoms with Crippen molar-refractivity contribution in [3.8, 4) is 0 Å². The van der Waals surface area contributed by atoms with Crippen LogP contribution in [0.25, 0.3) is 0 Å². The van der Waals surface area contributed by atoms with Crippen molar-refractivity contribution in [2.75, 3.05) is 5.73 Å². The van der Waals surface area contributed by atoms with E-state index in [9.17, 15) is 13.2 Å². The highest BCUT2D eigenvalue weighted by Gasteiger charge is 2.31. The van der Waals surface area contributed by atoms with Gasteiger partial charge in [0.1, 0.15) is 0 Å². The average Bonchev–Trinajstić information content (AvgIpc) is 1.97. The molecule has 0 saturated heterocycles. The van der Waals surface area contributed by atoms with Crippen LogP contribution in [0.15, 0.2) is 12.1 Å². The van der Waals surface area contributed by atoms with Crippen LogP contribution in [0.2, 0.25) is 5.02 Å². The summed E-state index contributed by atoms with van der Waals surface area (Å²) < 4.78 is 36.8. The second-order valence-corrected chi connectivity index (χ2v) is 3.92. The highest BCUT2D eigenvalue weighted by Crippen LogP contribution is 2.35. The molecule has 0 fully saturated rings. The molecule has 0 aromatic heterocycles. The third kappa shape index (κ3) is 2.40. The number of halogens is 5. The maximum Gasteiger partial charge on any atom is 0.416 e. The quantitative estimate of drug-likeness (QED) is 0.574. The molecule has 2 N–H and O–H groups in total. The molecule has 1 aromatic rings. The molecule has 72 valence electrons. The third-order valence-corrected chi connectivity index (χ3v) is 2.61. The minimum absolute atomic E-state index is 0.0702. The molecule has 0 atom stereocenters. The van der Waals surface area contributed by atoms with Crippen LogP contribution in [0.1, 0.15) is 5.56 Å². The van der Waals surface area contributed by atoms with Gasteiger partial charge >= 0.3 is 6.18 Å². The van der Waals surface area contributed by atoms with Crippen LogP contribution in [-0.2, 0) is 6.18 Å². The Kier molecular flexibility index (Phi) is 2.96. The van der Waals surface area contributed by atoms with Gasteiger partial charge in [-0.2, -0.15) is 13.2 Å². The topological polar surface area (TPSA) is 26.0 Å². The van der Waals surface area contributed by atoms with Crippen LogP contribution in [0.5, 0.6) is 0 Å². The first-order chi connectivity index (χ1) is 5.82. The first-order valence-electron chi connectivity index (χ1n) is 3.14. The Bertz CT molecular complexity index is 314. The maximum absolute atomic E-state index is 12.2. The van der Waals surface area contributed by atoms with Crippen LogP contribution in [0.3, 0.4) is 0 Å². The molecule has 0 heterocycles. The molecule has 0 aliphatic heterocycles. The normalized spacial score (nSPS) is 11.8. The second kappa shape index (κ2) is 3.53. The fourth-order valence-electron chi connectivity index (χ4n) is 0.748. The number of benzene rings is 1. The smallest absolute Gasteiger partial charge is 0.397 e. The molecule has 0 saturated carbocycles. The first-order valence-corrected chi connectivity index (χ1v) is 4.60. The largest absolute Gasteiger partial charge is 0.416 e. The molecule has 6 heteroatoms. The number of nitrogens with two attached hydrogens (primary N) is 1. The summed E-state index contributed by atoms with van der Waals surface area (Å²) in [5, 5.41) is -0.0702. The van der Waals surface area contributed by atoms with E-state index in [1.54, 1.807) is 22.6 Å². The van der Waals surface area contributed by atoms with Crippen LogP contribution in [0, 0.1) is 3.57 Å². The lowest BCUT2D eigenvalue weighted by atomic mass is 10.2. The van der Waals surface area contributed by atoms with E-state index in [4.69, 9.17) is 17.3 Å². The summed E-state index contributed by atoms with van der Waals surface area (Å²) in [7, 11) is 0. The molecule has 0 bridgehead atoms. The summed E-state index contributed by atoms with van der Waals surface area (Å²) in [5.74, 6) is 0. The van der Waals surface area contributed by atoms with Gasteiger partial charge in [-0.1, -0.05) is 11.6 Å². The lowest BCUT2D eigenvalue weighted by Gasteiger charge is -2.09. The highest BCUT2D eigenvalue weighted by atomic mass is 127. The number of anilines is 1. The zero-order valence-corrected chi connectivity index (χ0v) is 9.04. The lowest BCUT2D eigenvalue weighted by Crippen LogP contribution is -2.06. The van der Waals surface area contributed by atoms with Gasteiger partial charge in [0.05, 0.1) is 16.3 Å². The fourth-order valence-corrected chi connectivity index (χ4v) is 1.75. The van der Waals surface area contributed by atoms with Crippen molar-refractivity contribution in [2.45, 2.75) is 6.18 Å². The predicted octanol–water partition coefficient (Wildman–Crippen LogP) is 3.55. The van der Waals surface area contributed by atoms with Gasteiger partial charge in [0.25, 0.3) is 0 Å². The van der Waals surface area contributed by atoms with Crippen LogP contribution >= 0.6 is 34.2 Å². The Morgan fingerprint density at radius 3 is 2.23 bits per heavy atom. The fraction of sp³-hybridized carbons (Fsp3) is 0.143. The van der Waals surface area contributed by atoms with Crippen molar-refractivity contribution < 1.29 is 13.2 Å². The van der Waals surface area contributed by atoms with Gasteiger partial charge in [-0.3, -0.25) is 0 Å². The van der Waals surface area contributed by atoms with E-state index in [1.165, 1.54) is 0 Å². The van der Waals surface area contributed by atoms with E-state index >= 15 is 0 Å². The van der Waals surface area contributed by atoms with E-state index in [-0.39, 0.29) is 10.7 Å². The van der Waals surface area contributed by atoms with E-state index in [0.29, 0.717) is 3.57 Å². The Hall–Kier alpha value is -0.170. The minimum atomic E-state index is -4.38. The van der Waals surface area contributed by atoms with Crippen molar-refractivity contribution in [1.29, 1.82) is 0 Å². The zero-order chi connectivity index (χ0) is 10.2. The Balaban J connectivity index is 3.29. The maximum atomic E-state index is 12.2. The average molecular weight is 321 g/mol. The molecule has 0 spiro atoms. The predicted molar refractivity (Wildman–Crippen MR) is 53.6 cm³/mol. The van der Waals surface area contributed by atoms with Crippen LogP contribution in [-0.4, -0.2) is 0 Å². The second-order valence-electron chi connectivity index (χ2n) is 2.35. The summed E-state index contributed by atoms with van der Waals surface area (Å²) in [4.78, 5) is 0. The minimum Gasteiger partial charge on any atom is -0.397 e. The van der Waals surface area contributed by atoms with Gasteiger partial charge in [-0.15, -0.1) is 0 Å². The van der Waals surface area contributed by atoms with E-state index in [1.807, 2.05) is 0 Å². The Morgan fingerprint density at radius 2 is 1.85 bits per heavy atom. The van der Waals surface area contributed by atoms with Crippen LogP contribution in [0.4, 0.5) is 18.9 Å².